The Bertz CT molecular complexity index is 1840. The number of unbranched alkanes of at least 4 members (excludes halogenated alkanes) is 33. The van der Waals surface area contributed by atoms with E-state index in [0.29, 0.717) is 19.3 Å². The highest BCUT2D eigenvalue weighted by atomic mass is 31.2. The SMILES string of the molecule is CCCC/C=C\CCCCCCCC(=O)OC(COC(=O)CCCCCCCCCCCCCCCCC)COP(=O)(O)OCC(O)COP(=O)(O)OCC(O)COC(=O)CCCCCCCCCCC/C=C\C/C=C\C/C=C\C/C=C\CCCCC. The van der Waals surface area contributed by atoms with E-state index < -0.39 is 91.5 Å². The van der Waals surface area contributed by atoms with E-state index >= 15 is 0 Å². The van der Waals surface area contributed by atoms with Gasteiger partial charge in [0.25, 0.3) is 0 Å². The number of hydrogen-bond acceptors (Lipinski definition) is 14. The van der Waals surface area contributed by atoms with Crippen LogP contribution in [0.5, 0.6) is 0 Å². The summed E-state index contributed by atoms with van der Waals surface area (Å²) in [6.07, 6.45) is 64.3. The molecule has 0 amide bonds. The summed E-state index contributed by atoms with van der Waals surface area (Å²) in [7, 11) is -9.76. The van der Waals surface area contributed by atoms with Gasteiger partial charge in [0.05, 0.1) is 26.4 Å². The Balaban J connectivity index is 4.47. The van der Waals surface area contributed by atoms with Crippen LogP contribution < -0.4 is 0 Å². The Morgan fingerprint density at radius 1 is 0.322 bits per heavy atom. The van der Waals surface area contributed by atoms with Crippen molar-refractivity contribution in [1.82, 2.24) is 0 Å². The Kier molecular flexibility index (Phi) is 61.4. The van der Waals surface area contributed by atoms with Gasteiger partial charge < -0.3 is 34.2 Å². The van der Waals surface area contributed by atoms with Crippen molar-refractivity contribution in [1.29, 1.82) is 0 Å². The Labute approximate surface area is 529 Å². The molecule has 0 aliphatic heterocycles. The molecule has 0 aliphatic rings. The zero-order valence-electron chi connectivity index (χ0n) is 54.9. The number of hydrogen-bond donors (Lipinski definition) is 4. The molecule has 87 heavy (non-hydrogen) atoms. The van der Waals surface area contributed by atoms with Crippen LogP contribution in [0.15, 0.2) is 60.8 Å². The van der Waals surface area contributed by atoms with Crippen molar-refractivity contribution in [3.8, 4) is 0 Å². The highest BCUT2D eigenvalue weighted by Crippen LogP contribution is 2.45. The first-order chi connectivity index (χ1) is 42.2. The summed E-state index contributed by atoms with van der Waals surface area (Å²) >= 11 is 0. The third kappa shape index (κ3) is 64.6. The van der Waals surface area contributed by atoms with E-state index in [1.807, 2.05) is 0 Å². The number of ether oxygens (including phenoxy) is 3. The maximum atomic E-state index is 12.8. The molecular formula is C69H126O16P2. The van der Waals surface area contributed by atoms with E-state index in [0.717, 1.165) is 109 Å². The van der Waals surface area contributed by atoms with Crippen LogP contribution in [0.25, 0.3) is 0 Å². The van der Waals surface area contributed by atoms with Gasteiger partial charge in [-0.3, -0.25) is 32.5 Å². The van der Waals surface area contributed by atoms with Crippen LogP contribution in [0.3, 0.4) is 0 Å². The monoisotopic (exact) mass is 1270 g/mol. The highest BCUT2D eigenvalue weighted by Gasteiger charge is 2.29. The van der Waals surface area contributed by atoms with Crippen molar-refractivity contribution in [2.24, 2.45) is 0 Å². The minimum Gasteiger partial charge on any atom is -0.463 e. The third-order valence-electron chi connectivity index (χ3n) is 14.7. The Morgan fingerprint density at radius 2 is 0.586 bits per heavy atom. The first-order valence-electron chi connectivity index (χ1n) is 34.6. The van der Waals surface area contributed by atoms with Crippen LogP contribution in [0, 0.1) is 0 Å². The van der Waals surface area contributed by atoms with Gasteiger partial charge in [-0.05, 0) is 83.5 Å². The first kappa shape index (κ1) is 84.2. The van der Waals surface area contributed by atoms with Gasteiger partial charge >= 0.3 is 33.6 Å². The molecule has 508 valence electrons. The van der Waals surface area contributed by atoms with Crippen molar-refractivity contribution in [2.45, 2.75) is 322 Å². The number of phosphoric ester groups is 2. The molecular weight excluding hydrogens is 1150 g/mol. The Morgan fingerprint density at radius 3 is 0.977 bits per heavy atom. The predicted octanol–water partition coefficient (Wildman–Crippen LogP) is 19.0. The van der Waals surface area contributed by atoms with Gasteiger partial charge in [0.15, 0.2) is 6.10 Å². The van der Waals surface area contributed by atoms with Gasteiger partial charge in [-0.15, -0.1) is 0 Å². The quantitative estimate of drug-likeness (QED) is 0.0146. The van der Waals surface area contributed by atoms with Gasteiger partial charge in [-0.25, -0.2) is 9.13 Å². The molecule has 5 unspecified atom stereocenters. The Hall–Kier alpha value is -2.75. The molecule has 0 spiro atoms. The minimum atomic E-state index is -4.91. The number of carbonyl (C=O) groups is 3. The van der Waals surface area contributed by atoms with Crippen LogP contribution in [0.2, 0.25) is 0 Å². The largest absolute Gasteiger partial charge is 0.472 e. The number of aliphatic hydroxyl groups is 2. The maximum absolute atomic E-state index is 12.8. The van der Waals surface area contributed by atoms with Crippen molar-refractivity contribution in [3.05, 3.63) is 60.8 Å². The van der Waals surface area contributed by atoms with Crippen molar-refractivity contribution in [3.63, 3.8) is 0 Å². The molecule has 0 aliphatic carbocycles. The van der Waals surface area contributed by atoms with E-state index in [9.17, 15) is 43.5 Å². The fourth-order valence-corrected chi connectivity index (χ4v) is 10.9. The second-order valence-corrected chi connectivity index (χ2v) is 26.2. The van der Waals surface area contributed by atoms with Gasteiger partial charge in [-0.1, -0.05) is 261 Å². The van der Waals surface area contributed by atoms with Gasteiger partial charge in [0.2, 0.25) is 0 Å². The number of carbonyl (C=O) groups excluding carboxylic acids is 3. The number of rotatable bonds is 66. The fourth-order valence-electron chi connectivity index (χ4n) is 9.36. The molecule has 4 N–H and O–H groups in total. The predicted molar refractivity (Wildman–Crippen MR) is 353 cm³/mol. The molecule has 0 saturated carbocycles. The average molecular weight is 1270 g/mol. The van der Waals surface area contributed by atoms with Crippen LogP contribution in [-0.4, -0.2) is 95.9 Å². The van der Waals surface area contributed by atoms with Gasteiger partial charge in [0.1, 0.15) is 25.4 Å². The number of esters is 3. The first-order valence-corrected chi connectivity index (χ1v) is 37.6. The summed E-state index contributed by atoms with van der Waals surface area (Å²) in [5.74, 6) is -1.58. The van der Waals surface area contributed by atoms with E-state index in [4.69, 9.17) is 32.3 Å². The van der Waals surface area contributed by atoms with Crippen molar-refractivity contribution < 1.29 is 75.8 Å². The summed E-state index contributed by atoms with van der Waals surface area (Å²) in [6.45, 7) is 2.61. The molecule has 0 saturated heterocycles. The highest BCUT2D eigenvalue weighted by molar-refractivity contribution is 7.47. The molecule has 0 rings (SSSR count). The lowest BCUT2D eigenvalue weighted by atomic mass is 10.0. The molecule has 0 radical (unpaired) electrons. The average Bonchev–Trinajstić information content (AvgIpc) is 3.71. The van der Waals surface area contributed by atoms with E-state index in [-0.39, 0.29) is 19.3 Å². The number of aliphatic hydroxyl groups excluding tert-OH is 2. The summed E-state index contributed by atoms with van der Waals surface area (Å²) in [5, 5.41) is 20.5. The topological polar surface area (TPSA) is 231 Å². The molecule has 0 aromatic heterocycles. The summed E-state index contributed by atoms with van der Waals surface area (Å²) in [6, 6.07) is 0. The maximum Gasteiger partial charge on any atom is 0.472 e. The van der Waals surface area contributed by atoms with Crippen LogP contribution >= 0.6 is 15.6 Å². The van der Waals surface area contributed by atoms with E-state index in [1.54, 1.807) is 0 Å². The number of allylic oxidation sites excluding steroid dienone is 10. The molecule has 18 heteroatoms. The zero-order valence-corrected chi connectivity index (χ0v) is 56.7. The lowest BCUT2D eigenvalue weighted by Crippen LogP contribution is -2.30. The summed E-state index contributed by atoms with van der Waals surface area (Å²) in [4.78, 5) is 58.2. The molecule has 0 heterocycles. The minimum absolute atomic E-state index is 0.0986. The van der Waals surface area contributed by atoms with Crippen LogP contribution in [0.4, 0.5) is 0 Å². The van der Waals surface area contributed by atoms with Gasteiger partial charge in [-0.2, -0.15) is 0 Å². The number of phosphoric acid groups is 2. The molecule has 0 aromatic carbocycles. The smallest absolute Gasteiger partial charge is 0.463 e. The summed E-state index contributed by atoms with van der Waals surface area (Å²) in [5.41, 5.74) is 0. The van der Waals surface area contributed by atoms with E-state index in [1.165, 1.54) is 135 Å². The normalized spacial score (nSPS) is 14.6. The standard InChI is InChI=1S/C69H126O16P2/c1-4-7-10-13-16-19-22-24-26-27-28-29-30-31-32-33-34-35-37-39-41-43-46-49-52-55-67(72)79-58-64(70)59-81-86(75,76)82-60-65(71)61-83-87(77,78)84-63-66(85-69(74)57-54-51-48-45-40-21-18-15-12-9-6-3)62-80-68(73)56-53-50-47-44-42-38-36-25-23-20-17-14-11-8-5-2/h15-16,18-19,24,26,28-29,31-32,64-66,70-71H,4-14,17,20-23,25,27,30,33-63H2,1-3H3,(H,75,76)(H,77,78)/b18-15-,19-16-,26-24-,29-28-,32-31-. The lowest BCUT2D eigenvalue weighted by molar-refractivity contribution is -0.161. The van der Waals surface area contributed by atoms with Crippen LogP contribution in [0.1, 0.15) is 303 Å². The molecule has 0 fully saturated rings. The molecule has 0 bridgehead atoms. The van der Waals surface area contributed by atoms with Crippen molar-refractivity contribution >= 4 is 33.6 Å². The van der Waals surface area contributed by atoms with E-state index in [2.05, 4.69) is 81.5 Å². The van der Waals surface area contributed by atoms with Crippen molar-refractivity contribution in [2.75, 3.05) is 39.6 Å². The molecule has 16 nitrogen and oxygen atoms in total. The second-order valence-electron chi connectivity index (χ2n) is 23.3. The zero-order chi connectivity index (χ0) is 63.8. The second kappa shape index (κ2) is 63.4. The van der Waals surface area contributed by atoms with Crippen LogP contribution in [-0.2, 0) is 55.8 Å². The summed E-state index contributed by atoms with van der Waals surface area (Å²) < 4.78 is 60.8. The molecule has 0 aromatic rings. The lowest BCUT2D eigenvalue weighted by Gasteiger charge is -2.21. The molecule has 5 atom stereocenters. The fraction of sp³-hybridized carbons (Fsp3) is 0.812. The van der Waals surface area contributed by atoms with Gasteiger partial charge in [0, 0.05) is 19.3 Å². The third-order valence-corrected chi connectivity index (χ3v) is 16.6.